The van der Waals surface area contributed by atoms with Gasteiger partial charge in [0.1, 0.15) is 18.1 Å². The van der Waals surface area contributed by atoms with E-state index < -0.39 is 24.4 Å². The van der Waals surface area contributed by atoms with Crippen LogP contribution >= 0.6 is 0 Å². The molecule has 2 aromatic heterocycles. The Bertz CT molecular complexity index is 1040. The third-order valence-electron chi connectivity index (χ3n) is 5.99. The highest BCUT2D eigenvalue weighted by molar-refractivity contribution is 6.00. The van der Waals surface area contributed by atoms with Crippen LogP contribution in [0.2, 0.25) is 0 Å². The highest BCUT2D eigenvalue weighted by atomic mass is 19.4. The maximum Gasteiger partial charge on any atom is 0.405 e. The lowest BCUT2D eigenvalue weighted by molar-refractivity contribution is -0.123. The standard InChI is InChI=1S/C22H23F4N5O2/c1-2-13(16-4-3-14(23)10-27-16)9-19(32)31-15-7-8-30(11-15)18-6-5-17(29-20(18)31)21(33)28-12-22(24,25)26/h3-6,10,13,15H,2,7-9,11-12H2,1H3,(H,28,33). The summed E-state index contributed by atoms with van der Waals surface area (Å²) in [6.07, 6.45) is -2.00. The number of alkyl halides is 3. The predicted molar refractivity (Wildman–Crippen MR) is 113 cm³/mol. The predicted octanol–water partition coefficient (Wildman–Crippen LogP) is 3.42. The number of carbonyl (C=O) groups excluding carboxylic acids is 2. The van der Waals surface area contributed by atoms with Crippen molar-refractivity contribution in [3.63, 3.8) is 0 Å². The Morgan fingerprint density at radius 2 is 2.03 bits per heavy atom. The molecule has 2 unspecified atom stereocenters. The summed E-state index contributed by atoms with van der Waals surface area (Å²) in [4.78, 5) is 37.7. The van der Waals surface area contributed by atoms with Crippen molar-refractivity contribution in [1.29, 1.82) is 0 Å². The quantitative estimate of drug-likeness (QED) is 0.662. The van der Waals surface area contributed by atoms with E-state index in [4.69, 9.17) is 0 Å². The molecule has 0 radical (unpaired) electrons. The van der Waals surface area contributed by atoms with Crippen LogP contribution in [0.15, 0.2) is 30.5 Å². The number of nitrogens with zero attached hydrogens (tertiary/aromatic N) is 4. The van der Waals surface area contributed by atoms with Gasteiger partial charge in [-0.05, 0) is 37.1 Å². The van der Waals surface area contributed by atoms with Crippen LogP contribution in [0.3, 0.4) is 0 Å². The molecule has 2 amide bonds. The molecular weight excluding hydrogens is 442 g/mol. The van der Waals surface area contributed by atoms with E-state index in [0.29, 0.717) is 37.3 Å². The Morgan fingerprint density at radius 1 is 1.24 bits per heavy atom. The van der Waals surface area contributed by atoms with Gasteiger partial charge in [-0.2, -0.15) is 13.2 Å². The SMILES string of the molecule is CCC(CC(=O)N1c2nc(C(=O)NCC(F)(F)F)ccc2N2CCC1C2)c1ccc(F)cn1. The van der Waals surface area contributed by atoms with Gasteiger partial charge >= 0.3 is 6.18 Å². The number of hydrogen-bond acceptors (Lipinski definition) is 5. The molecule has 4 rings (SSSR count). The molecule has 1 saturated heterocycles. The number of nitrogens with one attached hydrogen (secondary N) is 1. The van der Waals surface area contributed by atoms with Gasteiger partial charge < -0.3 is 10.2 Å². The Hall–Kier alpha value is -3.24. The summed E-state index contributed by atoms with van der Waals surface area (Å²) in [5.41, 5.74) is 1.08. The zero-order valence-electron chi connectivity index (χ0n) is 17.9. The van der Waals surface area contributed by atoms with Crippen LogP contribution in [-0.2, 0) is 4.79 Å². The molecule has 7 nitrogen and oxygen atoms in total. The van der Waals surface area contributed by atoms with Gasteiger partial charge in [0.15, 0.2) is 5.82 Å². The van der Waals surface area contributed by atoms with E-state index in [-0.39, 0.29) is 35.8 Å². The number of pyridine rings is 2. The van der Waals surface area contributed by atoms with Gasteiger partial charge in [0.25, 0.3) is 5.91 Å². The number of amides is 2. The number of carbonyl (C=O) groups is 2. The van der Waals surface area contributed by atoms with Gasteiger partial charge in [0, 0.05) is 31.1 Å². The van der Waals surface area contributed by atoms with Crippen molar-refractivity contribution >= 4 is 23.3 Å². The fourth-order valence-corrected chi connectivity index (χ4v) is 4.32. The van der Waals surface area contributed by atoms with Gasteiger partial charge in [0.05, 0.1) is 17.9 Å². The molecule has 176 valence electrons. The molecule has 11 heteroatoms. The summed E-state index contributed by atoms with van der Waals surface area (Å²) in [5, 5.41) is 1.81. The maximum atomic E-state index is 13.4. The van der Waals surface area contributed by atoms with Crippen LogP contribution in [0, 0.1) is 5.82 Å². The number of aromatic nitrogens is 2. The van der Waals surface area contributed by atoms with Crippen LogP contribution in [-0.4, -0.2) is 53.6 Å². The van der Waals surface area contributed by atoms with Crippen molar-refractivity contribution in [2.75, 3.05) is 29.4 Å². The van der Waals surface area contributed by atoms with E-state index in [1.54, 1.807) is 17.0 Å². The third kappa shape index (κ3) is 4.91. The molecule has 0 saturated carbocycles. The highest BCUT2D eigenvalue weighted by Crippen LogP contribution is 2.40. The second-order valence-corrected chi connectivity index (χ2v) is 8.20. The molecule has 0 spiro atoms. The number of anilines is 2. The Kier molecular flexibility index (Phi) is 6.22. The molecule has 2 aromatic rings. The van der Waals surface area contributed by atoms with E-state index in [0.717, 1.165) is 6.20 Å². The number of halogens is 4. The van der Waals surface area contributed by atoms with Crippen molar-refractivity contribution in [2.24, 2.45) is 0 Å². The van der Waals surface area contributed by atoms with Crippen molar-refractivity contribution in [1.82, 2.24) is 15.3 Å². The first kappa shape index (κ1) is 22.9. The minimum absolute atomic E-state index is 0.108. The fourth-order valence-electron chi connectivity index (χ4n) is 4.32. The summed E-state index contributed by atoms with van der Waals surface area (Å²) >= 11 is 0. The molecule has 0 aromatic carbocycles. The summed E-state index contributed by atoms with van der Waals surface area (Å²) in [5.74, 6) is -1.61. The molecule has 33 heavy (non-hydrogen) atoms. The molecule has 0 aliphatic carbocycles. The monoisotopic (exact) mass is 465 g/mol. The molecule has 1 N–H and O–H groups in total. The van der Waals surface area contributed by atoms with Crippen molar-refractivity contribution in [3.8, 4) is 0 Å². The van der Waals surface area contributed by atoms with E-state index in [1.807, 2.05) is 17.1 Å². The van der Waals surface area contributed by atoms with Crippen LogP contribution in [0.4, 0.5) is 29.1 Å². The molecule has 4 heterocycles. The normalized spacial score (nSPS) is 18.2. The van der Waals surface area contributed by atoms with Crippen molar-refractivity contribution < 1.29 is 27.2 Å². The first-order valence-corrected chi connectivity index (χ1v) is 10.7. The van der Waals surface area contributed by atoms with Gasteiger partial charge in [-0.25, -0.2) is 9.37 Å². The highest BCUT2D eigenvalue weighted by Gasteiger charge is 2.41. The zero-order valence-corrected chi connectivity index (χ0v) is 17.9. The lowest BCUT2D eigenvalue weighted by Crippen LogP contribution is -2.47. The fraction of sp³-hybridized carbons (Fsp3) is 0.455. The van der Waals surface area contributed by atoms with E-state index in [9.17, 15) is 27.2 Å². The maximum absolute atomic E-state index is 13.4. The van der Waals surface area contributed by atoms with Crippen LogP contribution in [0.25, 0.3) is 0 Å². The van der Waals surface area contributed by atoms with Crippen LogP contribution in [0.5, 0.6) is 0 Å². The first-order chi connectivity index (χ1) is 15.7. The zero-order chi connectivity index (χ0) is 23.8. The molecule has 1 fully saturated rings. The van der Waals surface area contributed by atoms with Crippen molar-refractivity contribution in [3.05, 3.63) is 47.7 Å². The van der Waals surface area contributed by atoms with Crippen LogP contribution in [0.1, 0.15) is 48.3 Å². The van der Waals surface area contributed by atoms with Crippen LogP contribution < -0.4 is 15.1 Å². The Morgan fingerprint density at radius 3 is 2.70 bits per heavy atom. The third-order valence-corrected chi connectivity index (χ3v) is 5.99. The topological polar surface area (TPSA) is 78.4 Å². The minimum Gasteiger partial charge on any atom is -0.366 e. The second kappa shape index (κ2) is 8.95. The van der Waals surface area contributed by atoms with Gasteiger partial charge in [0.2, 0.25) is 5.91 Å². The molecule has 2 atom stereocenters. The second-order valence-electron chi connectivity index (χ2n) is 8.20. The summed E-state index contributed by atoms with van der Waals surface area (Å²) < 4.78 is 50.7. The smallest absolute Gasteiger partial charge is 0.366 e. The number of fused-ring (bicyclic) bond motifs is 4. The molecule has 2 bridgehead atoms. The molecule has 2 aliphatic heterocycles. The minimum atomic E-state index is -4.54. The first-order valence-electron chi connectivity index (χ1n) is 10.7. The van der Waals surface area contributed by atoms with Gasteiger partial charge in [-0.1, -0.05) is 6.92 Å². The number of rotatable bonds is 6. The van der Waals surface area contributed by atoms with Gasteiger partial charge in [-0.3, -0.25) is 19.5 Å². The number of hydrogen-bond donors (Lipinski definition) is 1. The average molecular weight is 465 g/mol. The summed E-state index contributed by atoms with van der Waals surface area (Å²) in [7, 11) is 0. The van der Waals surface area contributed by atoms with Crippen molar-refractivity contribution in [2.45, 2.75) is 44.3 Å². The van der Waals surface area contributed by atoms with E-state index >= 15 is 0 Å². The largest absolute Gasteiger partial charge is 0.405 e. The van der Waals surface area contributed by atoms with Gasteiger partial charge in [-0.15, -0.1) is 0 Å². The Labute approximate surface area is 187 Å². The summed E-state index contributed by atoms with van der Waals surface area (Å²) in [6.45, 7) is 1.77. The van der Waals surface area contributed by atoms with E-state index in [2.05, 4.69) is 9.97 Å². The lowest BCUT2D eigenvalue weighted by Gasteiger charge is -2.36. The summed E-state index contributed by atoms with van der Waals surface area (Å²) in [6, 6.07) is 5.69. The Balaban J connectivity index is 1.59. The molecular formula is C22H23F4N5O2. The lowest BCUT2D eigenvalue weighted by atomic mass is 9.96. The molecule has 2 aliphatic rings. The van der Waals surface area contributed by atoms with E-state index in [1.165, 1.54) is 12.1 Å². The average Bonchev–Trinajstić information content (AvgIpc) is 3.20.